The first-order chi connectivity index (χ1) is 13.3. The van der Waals surface area contributed by atoms with Crippen molar-refractivity contribution in [2.45, 2.75) is 52.0 Å². The van der Waals surface area contributed by atoms with Gasteiger partial charge in [-0.2, -0.15) is 0 Å². The highest BCUT2D eigenvalue weighted by Gasteiger charge is 2.49. The first-order valence-corrected chi connectivity index (χ1v) is 12.0. The Balaban J connectivity index is 2.26. The van der Waals surface area contributed by atoms with Gasteiger partial charge >= 0.3 is 5.97 Å². The van der Waals surface area contributed by atoms with Crippen molar-refractivity contribution in [1.29, 1.82) is 0 Å². The Morgan fingerprint density at radius 3 is 1.86 bits per heavy atom. The molecule has 0 aromatic heterocycles. The van der Waals surface area contributed by atoms with Crippen molar-refractivity contribution in [3.63, 3.8) is 0 Å². The van der Waals surface area contributed by atoms with Gasteiger partial charge < -0.3 is 9.16 Å². The number of carbonyl (C=O) groups is 1. The van der Waals surface area contributed by atoms with E-state index >= 15 is 0 Å². The Hall–Kier alpha value is -1.91. The summed E-state index contributed by atoms with van der Waals surface area (Å²) in [5, 5.41) is 2.59. The average Bonchev–Trinajstić information content (AvgIpc) is 2.69. The molecule has 0 amide bonds. The third-order valence-electron chi connectivity index (χ3n) is 5.41. The molecule has 0 fully saturated rings. The SMILES string of the molecule is COC(=O)CC[C@H](C)CCO[Si](c1ccccc1)(c1ccccc1)C(C)(C)C. The molecule has 4 heteroatoms. The number of rotatable bonds is 9. The maximum absolute atomic E-state index is 11.4. The van der Waals surface area contributed by atoms with Gasteiger partial charge in [-0.1, -0.05) is 88.4 Å². The van der Waals surface area contributed by atoms with E-state index in [2.05, 4.69) is 88.4 Å². The summed E-state index contributed by atoms with van der Waals surface area (Å²) in [6.45, 7) is 9.74. The summed E-state index contributed by atoms with van der Waals surface area (Å²) in [4.78, 5) is 11.4. The third kappa shape index (κ3) is 5.33. The van der Waals surface area contributed by atoms with Gasteiger partial charge in [0, 0.05) is 13.0 Å². The molecule has 2 rings (SSSR count). The van der Waals surface area contributed by atoms with Crippen LogP contribution in [0.3, 0.4) is 0 Å². The largest absolute Gasteiger partial charge is 0.469 e. The lowest BCUT2D eigenvalue weighted by Gasteiger charge is -2.43. The van der Waals surface area contributed by atoms with Gasteiger partial charge in [0.05, 0.1) is 7.11 Å². The molecule has 0 saturated heterocycles. The van der Waals surface area contributed by atoms with E-state index in [1.54, 1.807) is 0 Å². The minimum atomic E-state index is -2.46. The Kier molecular flexibility index (Phi) is 8.02. The number of carbonyl (C=O) groups excluding carboxylic acids is 1. The van der Waals surface area contributed by atoms with Crippen molar-refractivity contribution < 1.29 is 14.0 Å². The van der Waals surface area contributed by atoms with E-state index in [0.29, 0.717) is 18.9 Å². The molecule has 0 saturated carbocycles. The van der Waals surface area contributed by atoms with Crippen LogP contribution in [0.15, 0.2) is 60.7 Å². The van der Waals surface area contributed by atoms with Crippen LogP contribution in [-0.2, 0) is 14.0 Å². The number of hydrogen-bond donors (Lipinski definition) is 0. The molecule has 0 spiro atoms. The van der Waals surface area contributed by atoms with Gasteiger partial charge in [0.15, 0.2) is 0 Å². The molecule has 0 bridgehead atoms. The van der Waals surface area contributed by atoms with Crippen LogP contribution in [0.2, 0.25) is 5.04 Å². The lowest BCUT2D eigenvalue weighted by Crippen LogP contribution is -2.66. The van der Waals surface area contributed by atoms with Crippen LogP contribution in [0, 0.1) is 5.92 Å². The molecule has 0 unspecified atom stereocenters. The van der Waals surface area contributed by atoms with E-state index < -0.39 is 8.32 Å². The van der Waals surface area contributed by atoms with Gasteiger partial charge in [-0.25, -0.2) is 0 Å². The molecule has 0 aliphatic rings. The highest BCUT2D eigenvalue weighted by atomic mass is 28.4. The number of esters is 1. The van der Waals surface area contributed by atoms with E-state index in [0.717, 1.165) is 12.8 Å². The summed E-state index contributed by atoms with van der Waals surface area (Å²) < 4.78 is 11.6. The second-order valence-corrected chi connectivity index (χ2v) is 12.8. The van der Waals surface area contributed by atoms with Crippen molar-refractivity contribution >= 4 is 24.7 Å². The topological polar surface area (TPSA) is 35.5 Å². The predicted octanol–water partition coefficient (Wildman–Crippen LogP) is 4.54. The lowest BCUT2D eigenvalue weighted by molar-refractivity contribution is -0.140. The van der Waals surface area contributed by atoms with Crippen LogP contribution in [0.5, 0.6) is 0 Å². The average molecular weight is 399 g/mol. The Morgan fingerprint density at radius 2 is 1.43 bits per heavy atom. The highest BCUT2D eigenvalue weighted by Crippen LogP contribution is 2.37. The summed E-state index contributed by atoms with van der Waals surface area (Å²) in [5.41, 5.74) is 0. The molecule has 152 valence electrons. The monoisotopic (exact) mass is 398 g/mol. The Morgan fingerprint density at radius 1 is 0.929 bits per heavy atom. The molecule has 0 radical (unpaired) electrons. The third-order valence-corrected chi connectivity index (χ3v) is 10.5. The fourth-order valence-corrected chi connectivity index (χ4v) is 8.36. The van der Waals surface area contributed by atoms with Crippen LogP contribution in [0.4, 0.5) is 0 Å². The summed E-state index contributed by atoms with van der Waals surface area (Å²) in [6.07, 6.45) is 2.23. The number of ether oxygens (including phenoxy) is 1. The standard InChI is InChI=1S/C24H34O3Si/c1-20(16-17-23(25)26-5)18-19-27-28(24(2,3)4,21-12-8-6-9-13-21)22-14-10-7-11-15-22/h6-15,20H,16-19H2,1-5H3/t20-/m0/s1. The van der Waals surface area contributed by atoms with Crippen molar-refractivity contribution in [2.75, 3.05) is 13.7 Å². The number of hydrogen-bond acceptors (Lipinski definition) is 3. The summed E-state index contributed by atoms with van der Waals surface area (Å²) >= 11 is 0. The zero-order valence-corrected chi connectivity index (χ0v) is 18.9. The van der Waals surface area contributed by atoms with Gasteiger partial charge in [-0.3, -0.25) is 4.79 Å². The maximum Gasteiger partial charge on any atom is 0.305 e. The summed E-state index contributed by atoms with van der Waals surface area (Å²) in [5.74, 6) is 0.275. The van der Waals surface area contributed by atoms with Gasteiger partial charge in [-0.05, 0) is 34.2 Å². The van der Waals surface area contributed by atoms with Gasteiger partial charge in [0.1, 0.15) is 0 Å². The van der Waals surface area contributed by atoms with Crippen molar-refractivity contribution in [3.05, 3.63) is 60.7 Å². The van der Waals surface area contributed by atoms with E-state index in [4.69, 9.17) is 9.16 Å². The molecule has 0 aliphatic carbocycles. The summed E-state index contributed by atoms with van der Waals surface area (Å²) in [6, 6.07) is 21.4. The van der Waals surface area contributed by atoms with Gasteiger partial charge in [0.2, 0.25) is 0 Å². The highest BCUT2D eigenvalue weighted by molar-refractivity contribution is 6.99. The molecular formula is C24H34O3Si. The number of benzene rings is 2. The molecule has 2 aromatic rings. The first kappa shape index (κ1) is 22.4. The quantitative estimate of drug-likeness (QED) is 0.459. The smallest absolute Gasteiger partial charge is 0.305 e. The fraction of sp³-hybridized carbons (Fsp3) is 0.458. The number of methoxy groups -OCH3 is 1. The summed E-state index contributed by atoms with van der Waals surface area (Å²) in [7, 11) is -1.02. The van der Waals surface area contributed by atoms with Crippen molar-refractivity contribution in [1.82, 2.24) is 0 Å². The molecule has 2 aromatic carbocycles. The minimum Gasteiger partial charge on any atom is -0.469 e. The molecular weight excluding hydrogens is 364 g/mol. The predicted molar refractivity (Wildman–Crippen MR) is 119 cm³/mol. The van der Waals surface area contributed by atoms with Crippen LogP contribution >= 0.6 is 0 Å². The zero-order chi connectivity index (χ0) is 20.6. The van der Waals surface area contributed by atoms with E-state index in [1.807, 2.05) is 0 Å². The lowest BCUT2D eigenvalue weighted by atomic mass is 10.0. The minimum absolute atomic E-state index is 0.00897. The molecule has 1 atom stereocenters. The van der Waals surface area contributed by atoms with Crippen LogP contribution < -0.4 is 10.4 Å². The molecule has 0 N–H and O–H groups in total. The van der Waals surface area contributed by atoms with Crippen LogP contribution in [0.1, 0.15) is 47.0 Å². The van der Waals surface area contributed by atoms with Crippen LogP contribution in [0.25, 0.3) is 0 Å². The van der Waals surface area contributed by atoms with Gasteiger partial charge in [0.25, 0.3) is 8.32 Å². The molecule has 28 heavy (non-hydrogen) atoms. The molecule has 0 aliphatic heterocycles. The Labute approximate surface area is 171 Å². The van der Waals surface area contributed by atoms with Crippen LogP contribution in [-0.4, -0.2) is 28.0 Å². The maximum atomic E-state index is 11.4. The van der Waals surface area contributed by atoms with E-state index in [-0.39, 0.29) is 11.0 Å². The normalized spacial score (nSPS) is 13.2. The Bertz CT molecular complexity index is 683. The fourth-order valence-electron chi connectivity index (χ4n) is 3.79. The van der Waals surface area contributed by atoms with Gasteiger partial charge in [-0.15, -0.1) is 0 Å². The second kappa shape index (κ2) is 10.0. The molecule has 0 heterocycles. The first-order valence-electron chi connectivity index (χ1n) is 10.1. The zero-order valence-electron chi connectivity index (χ0n) is 17.9. The van der Waals surface area contributed by atoms with E-state index in [9.17, 15) is 4.79 Å². The van der Waals surface area contributed by atoms with Crippen molar-refractivity contribution in [2.24, 2.45) is 5.92 Å². The second-order valence-electron chi connectivity index (χ2n) is 8.52. The molecule has 3 nitrogen and oxygen atoms in total. The van der Waals surface area contributed by atoms with Crippen molar-refractivity contribution in [3.8, 4) is 0 Å². The van der Waals surface area contributed by atoms with E-state index in [1.165, 1.54) is 17.5 Å².